The van der Waals surface area contributed by atoms with Crippen molar-refractivity contribution < 1.29 is 32.6 Å². The Kier molecular flexibility index (Phi) is 7.09. The molecule has 0 aliphatic rings. The van der Waals surface area contributed by atoms with Gasteiger partial charge in [-0.2, -0.15) is 0 Å². The van der Waals surface area contributed by atoms with E-state index in [9.17, 15) is 18.7 Å². The number of halogens is 3. The average molecular weight is 516 g/mol. The molecule has 0 spiro atoms. The number of amides is 1. The van der Waals surface area contributed by atoms with Crippen LogP contribution < -0.4 is 20.1 Å². The number of aromatic nitrogens is 1. The number of aliphatic hydroxyl groups is 1. The molecule has 0 saturated heterocycles. The summed E-state index contributed by atoms with van der Waals surface area (Å²) in [6.07, 6.45) is 0.685. The van der Waals surface area contributed by atoms with Gasteiger partial charge in [0.15, 0.2) is 28.7 Å². The number of benzene rings is 2. The van der Waals surface area contributed by atoms with Gasteiger partial charge in [0.2, 0.25) is 5.91 Å². The standard InChI is InChI=1S/C25H20ClF2N3O5/c1-4-20(32)30-14-7-5-6-13(26)24(14)31-19-9-12-8-17(36-18(12)11-29-19)25(33)21-22(27)15(34-2)10-16(35-3)23(21)28/h4-11,25,33H,1H2,2-3H3,(H,29,31)(H,30,32). The van der Waals surface area contributed by atoms with E-state index in [1.54, 1.807) is 24.3 Å². The summed E-state index contributed by atoms with van der Waals surface area (Å²) in [5.41, 5.74) is 0.355. The van der Waals surface area contributed by atoms with Gasteiger partial charge in [-0.05, 0) is 30.3 Å². The van der Waals surface area contributed by atoms with Gasteiger partial charge in [-0.3, -0.25) is 4.79 Å². The summed E-state index contributed by atoms with van der Waals surface area (Å²) in [6, 6.07) is 8.98. The highest BCUT2D eigenvalue weighted by Crippen LogP contribution is 2.39. The number of furan rings is 1. The van der Waals surface area contributed by atoms with E-state index < -0.39 is 29.2 Å². The molecule has 1 unspecified atom stereocenters. The molecule has 0 aliphatic carbocycles. The number of nitrogens with zero attached hydrogens (tertiary/aromatic N) is 1. The van der Waals surface area contributed by atoms with Crippen molar-refractivity contribution in [1.82, 2.24) is 4.98 Å². The average Bonchev–Trinajstić information content (AvgIpc) is 3.30. The molecule has 8 nitrogen and oxygen atoms in total. The number of methoxy groups -OCH3 is 2. The van der Waals surface area contributed by atoms with Crippen LogP contribution >= 0.6 is 11.6 Å². The third kappa shape index (κ3) is 4.68. The van der Waals surface area contributed by atoms with Gasteiger partial charge in [0.1, 0.15) is 17.7 Å². The van der Waals surface area contributed by atoms with Crippen LogP contribution in [-0.4, -0.2) is 30.2 Å². The van der Waals surface area contributed by atoms with Gasteiger partial charge in [-0.15, -0.1) is 0 Å². The molecule has 4 aromatic rings. The number of carbonyl (C=O) groups is 1. The van der Waals surface area contributed by atoms with Crippen LogP contribution in [0.1, 0.15) is 17.4 Å². The van der Waals surface area contributed by atoms with Crippen LogP contribution in [0.4, 0.5) is 26.0 Å². The van der Waals surface area contributed by atoms with Crippen LogP contribution in [0.25, 0.3) is 11.0 Å². The zero-order chi connectivity index (χ0) is 26.0. The van der Waals surface area contributed by atoms with E-state index in [2.05, 4.69) is 22.2 Å². The number of fused-ring (bicyclic) bond motifs is 1. The van der Waals surface area contributed by atoms with Crippen LogP contribution in [-0.2, 0) is 4.79 Å². The Balaban J connectivity index is 1.70. The number of nitrogens with one attached hydrogen (secondary N) is 2. The molecule has 2 aromatic heterocycles. The fourth-order valence-corrected chi connectivity index (χ4v) is 3.75. The highest BCUT2D eigenvalue weighted by molar-refractivity contribution is 6.34. The molecule has 36 heavy (non-hydrogen) atoms. The molecule has 11 heteroatoms. The van der Waals surface area contributed by atoms with Crippen molar-refractivity contribution in [3.63, 3.8) is 0 Å². The summed E-state index contributed by atoms with van der Waals surface area (Å²) < 4.78 is 45.2. The molecule has 2 heterocycles. The number of carbonyl (C=O) groups excluding carboxylic acids is 1. The lowest BCUT2D eigenvalue weighted by Crippen LogP contribution is -2.09. The molecule has 0 bridgehead atoms. The number of aliphatic hydroxyl groups excluding tert-OH is 1. The second-order valence-corrected chi connectivity index (χ2v) is 7.87. The number of hydrogen-bond donors (Lipinski definition) is 3. The minimum Gasteiger partial charge on any atom is -0.494 e. The van der Waals surface area contributed by atoms with Crippen molar-refractivity contribution in [1.29, 1.82) is 0 Å². The minimum absolute atomic E-state index is 0.131. The van der Waals surface area contributed by atoms with E-state index >= 15 is 0 Å². The summed E-state index contributed by atoms with van der Waals surface area (Å²) in [7, 11) is 2.42. The summed E-state index contributed by atoms with van der Waals surface area (Å²) in [5.74, 6) is -3.00. The first-order chi connectivity index (χ1) is 17.3. The maximum absolute atomic E-state index is 14.8. The van der Waals surface area contributed by atoms with Gasteiger partial charge >= 0.3 is 0 Å². The van der Waals surface area contributed by atoms with Crippen molar-refractivity contribution in [3.8, 4) is 11.5 Å². The van der Waals surface area contributed by atoms with Gasteiger partial charge in [0.25, 0.3) is 0 Å². The van der Waals surface area contributed by atoms with Crippen molar-refractivity contribution in [2.24, 2.45) is 0 Å². The summed E-state index contributed by atoms with van der Waals surface area (Å²) >= 11 is 6.31. The Morgan fingerprint density at radius 3 is 2.53 bits per heavy atom. The Morgan fingerprint density at radius 1 is 1.19 bits per heavy atom. The molecule has 1 amide bonds. The van der Waals surface area contributed by atoms with Crippen LogP contribution in [0.2, 0.25) is 5.02 Å². The van der Waals surface area contributed by atoms with E-state index in [0.717, 1.165) is 12.1 Å². The molecule has 4 rings (SSSR count). The molecular formula is C25H20ClF2N3O5. The minimum atomic E-state index is -1.80. The third-order valence-electron chi connectivity index (χ3n) is 5.28. The van der Waals surface area contributed by atoms with Crippen molar-refractivity contribution >= 4 is 45.7 Å². The molecule has 186 valence electrons. The van der Waals surface area contributed by atoms with Gasteiger partial charge in [-0.1, -0.05) is 24.2 Å². The van der Waals surface area contributed by atoms with Crippen molar-refractivity contribution in [3.05, 3.63) is 83.2 Å². The molecular weight excluding hydrogens is 496 g/mol. The van der Waals surface area contributed by atoms with E-state index in [1.165, 1.54) is 26.5 Å². The number of ether oxygens (including phenoxy) is 2. The molecule has 0 radical (unpaired) electrons. The van der Waals surface area contributed by atoms with E-state index in [1.807, 2.05) is 0 Å². The number of para-hydroxylation sites is 1. The van der Waals surface area contributed by atoms with Crippen molar-refractivity contribution in [2.75, 3.05) is 24.9 Å². The maximum atomic E-state index is 14.8. The van der Waals surface area contributed by atoms with Crippen molar-refractivity contribution in [2.45, 2.75) is 6.10 Å². The largest absolute Gasteiger partial charge is 0.494 e. The van der Waals surface area contributed by atoms with Gasteiger partial charge in [0.05, 0.1) is 42.4 Å². The lowest BCUT2D eigenvalue weighted by Gasteiger charge is -2.15. The van der Waals surface area contributed by atoms with Crippen LogP contribution in [0, 0.1) is 11.6 Å². The molecule has 2 aromatic carbocycles. The number of hydrogen-bond acceptors (Lipinski definition) is 7. The quantitative estimate of drug-likeness (QED) is 0.257. The highest BCUT2D eigenvalue weighted by atomic mass is 35.5. The number of rotatable bonds is 8. The second kappa shape index (κ2) is 10.2. The SMILES string of the molecule is C=CC(=O)Nc1cccc(Cl)c1Nc1cc2cc(C(O)c3c(F)c(OC)cc(OC)c3F)oc2cn1. The number of pyridine rings is 1. The Bertz CT molecular complexity index is 1450. The first-order valence-electron chi connectivity index (χ1n) is 10.4. The molecule has 0 saturated carbocycles. The lowest BCUT2D eigenvalue weighted by molar-refractivity contribution is -0.111. The fourth-order valence-electron chi connectivity index (χ4n) is 3.52. The third-order valence-corrected chi connectivity index (χ3v) is 5.60. The monoisotopic (exact) mass is 515 g/mol. The van der Waals surface area contributed by atoms with Crippen LogP contribution in [0.15, 0.2) is 59.7 Å². The smallest absolute Gasteiger partial charge is 0.247 e. The topological polar surface area (TPSA) is 106 Å². The molecule has 0 aliphatic heterocycles. The second-order valence-electron chi connectivity index (χ2n) is 7.46. The molecule has 0 fully saturated rings. The van der Waals surface area contributed by atoms with Gasteiger partial charge in [-0.25, -0.2) is 13.8 Å². The zero-order valence-corrected chi connectivity index (χ0v) is 19.8. The fraction of sp³-hybridized carbons (Fsp3) is 0.120. The summed E-state index contributed by atoms with van der Waals surface area (Å²) in [4.78, 5) is 16.0. The first kappa shape index (κ1) is 25.0. The summed E-state index contributed by atoms with van der Waals surface area (Å²) in [6.45, 7) is 3.43. The maximum Gasteiger partial charge on any atom is 0.247 e. The van der Waals surface area contributed by atoms with Gasteiger partial charge in [0, 0.05) is 11.5 Å². The highest BCUT2D eigenvalue weighted by Gasteiger charge is 2.29. The first-order valence-corrected chi connectivity index (χ1v) is 10.8. The predicted octanol–water partition coefficient (Wildman–Crippen LogP) is 5.73. The Hall–Kier alpha value is -4.15. The predicted molar refractivity (Wildman–Crippen MR) is 131 cm³/mol. The van der Waals surface area contributed by atoms with Gasteiger partial charge < -0.3 is 29.6 Å². The molecule has 1 atom stereocenters. The lowest BCUT2D eigenvalue weighted by atomic mass is 10.0. The van der Waals surface area contributed by atoms with E-state index in [0.29, 0.717) is 27.6 Å². The molecule has 3 N–H and O–H groups in total. The summed E-state index contributed by atoms with van der Waals surface area (Å²) in [5, 5.41) is 17.3. The van der Waals surface area contributed by atoms with Crippen LogP contribution in [0.5, 0.6) is 11.5 Å². The van der Waals surface area contributed by atoms with E-state index in [4.69, 9.17) is 25.5 Å². The van der Waals surface area contributed by atoms with E-state index in [-0.39, 0.29) is 22.8 Å². The van der Waals surface area contributed by atoms with Crippen LogP contribution in [0.3, 0.4) is 0 Å². The number of anilines is 3. The normalized spacial score (nSPS) is 11.7. The Morgan fingerprint density at radius 2 is 1.89 bits per heavy atom. The zero-order valence-electron chi connectivity index (χ0n) is 19.1. The Labute approximate surface area is 209 Å².